The quantitative estimate of drug-likeness (QED) is 0.367. The third-order valence-corrected chi connectivity index (χ3v) is 5.54. The minimum atomic E-state index is -0.868. The highest BCUT2D eigenvalue weighted by Crippen LogP contribution is 2.31. The summed E-state index contributed by atoms with van der Waals surface area (Å²) in [5.74, 6) is -0.696. The molecule has 0 atom stereocenters. The fourth-order valence-electron chi connectivity index (χ4n) is 3.30. The van der Waals surface area contributed by atoms with Crippen LogP contribution in [0.3, 0.4) is 0 Å². The number of halogens is 1. The van der Waals surface area contributed by atoms with Crippen molar-refractivity contribution in [2.75, 3.05) is 12.0 Å². The van der Waals surface area contributed by atoms with Crippen molar-refractivity contribution >= 4 is 45.5 Å². The largest absolute Gasteiger partial charge is 0.508 e. The van der Waals surface area contributed by atoms with Crippen molar-refractivity contribution in [2.24, 2.45) is 0 Å². The molecule has 1 heterocycles. The fourth-order valence-corrected chi connectivity index (χ4v) is 3.56. The van der Waals surface area contributed by atoms with E-state index in [0.29, 0.717) is 23.7 Å². The molecule has 8 nitrogen and oxygen atoms in total. The molecule has 1 fully saturated rings. The maximum Gasteiger partial charge on any atom is 0.335 e. The summed E-state index contributed by atoms with van der Waals surface area (Å²) in [5.41, 5.74) is 1.47. The monoisotopic (exact) mass is 522 g/mol. The molecule has 9 heteroatoms. The third kappa shape index (κ3) is 4.94. The minimum Gasteiger partial charge on any atom is -0.508 e. The first-order chi connectivity index (χ1) is 16.4. The Kier molecular flexibility index (Phi) is 6.65. The summed E-state index contributed by atoms with van der Waals surface area (Å²) in [6.45, 7) is 0.328. The Morgan fingerprint density at radius 3 is 2.35 bits per heavy atom. The van der Waals surface area contributed by atoms with Gasteiger partial charge in [-0.15, -0.1) is 0 Å². The number of hydrogen-bond donors (Lipinski definition) is 2. The Hall–Kier alpha value is -4.11. The number of anilines is 1. The second-order valence-electron chi connectivity index (χ2n) is 7.30. The SMILES string of the molecule is COc1cc(/C=C2\C(=O)NC(=O)N(c3ccc(O)cc3)C2=O)ccc1OCc1ccc(Br)cc1. The van der Waals surface area contributed by atoms with Gasteiger partial charge < -0.3 is 14.6 Å². The van der Waals surface area contributed by atoms with Crippen LogP contribution < -0.4 is 19.7 Å². The van der Waals surface area contributed by atoms with Crippen LogP contribution in [0.15, 0.2) is 76.8 Å². The van der Waals surface area contributed by atoms with Gasteiger partial charge >= 0.3 is 6.03 Å². The molecule has 0 saturated carbocycles. The number of imide groups is 2. The summed E-state index contributed by atoms with van der Waals surface area (Å²) >= 11 is 3.39. The van der Waals surface area contributed by atoms with E-state index in [1.165, 1.54) is 37.5 Å². The van der Waals surface area contributed by atoms with Crippen LogP contribution in [0.1, 0.15) is 11.1 Å². The predicted molar refractivity (Wildman–Crippen MR) is 129 cm³/mol. The Labute approximate surface area is 203 Å². The number of barbiturate groups is 1. The first-order valence-corrected chi connectivity index (χ1v) is 10.9. The van der Waals surface area contributed by atoms with Gasteiger partial charge in [0.05, 0.1) is 12.8 Å². The summed E-state index contributed by atoms with van der Waals surface area (Å²) < 4.78 is 12.2. The average molecular weight is 523 g/mol. The van der Waals surface area contributed by atoms with Crippen molar-refractivity contribution in [3.05, 3.63) is 87.9 Å². The highest BCUT2D eigenvalue weighted by Gasteiger charge is 2.36. The maximum absolute atomic E-state index is 13.0. The van der Waals surface area contributed by atoms with E-state index >= 15 is 0 Å². The highest BCUT2D eigenvalue weighted by atomic mass is 79.9. The van der Waals surface area contributed by atoms with Crippen molar-refractivity contribution in [2.45, 2.75) is 6.61 Å². The first kappa shape index (κ1) is 23.1. The Bertz CT molecular complexity index is 1290. The molecule has 172 valence electrons. The van der Waals surface area contributed by atoms with Crippen LogP contribution in [-0.4, -0.2) is 30.1 Å². The van der Waals surface area contributed by atoms with Crippen LogP contribution in [0, 0.1) is 0 Å². The predicted octanol–water partition coefficient (Wildman–Crippen LogP) is 4.41. The zero-order chi connectivity index (χ0) is 24.2. The van der Waals surface area contributed by atoms with Gasteiger partial charge in [0.25, 0.3) is 11.8 Å². The van der Waals surface area contributed by atoms with Crippen LogP contribution in [-0.2, 0) is 16.2 Å². The Morgan fingerprint density at radius 2 is 1.68 bits per heavy atom. The highest BCUT2D eigenvalue weighted by molar-refractivity contribution is 9.10. The lowest BCUT2D eigenvalue weighted by atomic mass is 10.1. The molecule has 4 rings (SSSR count). The van der Waals surface area contributed by atoms with E-state index in [2.05, 4.69) is 21.2 Å². The molecule has 0 aliphatic carbocycles. The number of aromatic hydroxyl groups is 1. The fraction of sp³-hybridized carbons (Fsp3) is 0.0800. The summed E-state index contributed by atoms with van der Waals surface area (Å²) in [5, 5.41) is 11.6. The lowest BCUT2D eigenvalue weighted by Crippen LogP contribution is -2.54. The lowest BCUT2D eigenvalue weighted by molar-refractivity contribution is -0.122. The van der Waals surface area contributed by atoms with Gasteiger partial charge in [0.2, 0.25) is 0 Å². The van der Waals surface area contributed by atoms with Crippen LogP contribution in [0.4, 0.5) is 10.5 Å². The van der Waals surface area contributed by atoms with Gasteiger partial charge in [0.1, 0.15) is 17.9 Å². The van der Waals surface area contributed by atoms with E-state index in [1.54, 1.807) is 18.2 Å². The number of rotatable bonds is 6. The second-order valence-corrected chi connectivity index (χ2v) is 8.22. The normalized spacial score (nSPS) is 14.8. The smallest absolute Gasteiger partial charge is 0.335 e. The third-order valence-electron chi connectivity index (χ3n) is 5.02. The molecule has 1 saturated heterocycles. The molecular weight excluding hydrogens is 504 g/mol. The number of amides is 4. The molecule has 3 aromatic carbocycles. The lowest BCUT2D eigenvalue weighted by Gasteiger charge is -2.26. The number of urea groups is 1. The molecule has 1 aliphatic rings. The van der Waals surface area contributed by atoms with E-state index in [4.69, 9.17) is 9.47 Å². The number of hydrogen-bond acceptors (Lipinski definition) is 6. The van der Waals surface area contributed by atoms with Gasteiger partial charge in [0, 0.05) is 4.47 Å². The zero-order valence-corrected chi connectivity index (χ0v) is 19.5. The summed E-state index contributed by atoms with van der Waals surface area (Å²) in [6.07, 6.45) is 1.37. The number of carbonyl (C=O) groups is 3. The number of phenols is 1. The maximum atomic E-state index is 13.0. The van der Waals surface area contributed by atoms with Crippen molar-refractivity contribution in [1.82, 2.24) is 5.32 Å². The Morgan fingerprint density at radius 1 is 0.971 bits per heavy atom. The van der Waals surface area contributed by atoms with Gasteiger partial charge in [-0.3, -0.25) is 14.9 Å². The van der Waals surface area contributed by atoms with Gasteiger partial charge in [-0.05, 0) is 65.7 Å². The van der Waals surface area contributed by atoms with E-state index in [1.807, 2.05) is 24.3 Å². The molecule has 1 aliphatic heterocycles. The molecule has 34 heavy (non-hydrogen) atoms. The van der Waals surface area contributed by atoms with Crippen LogP contribution >= 0.6 is 15.9 Å². The molecule has 3 aromatic rings. The van der Waals surface area contributed by atoms with Crippen molar-refractivity contribution in [1.29, 1.82) is 0 Å². The number of ether oxygens (including phenoxy) is 2. The molecule has 2 N–H and O–H groups in total. The van der Waals surface area contributed by atoms with Crippen LogP contribution in [0.2, 0.25) is 0 Å². The molecule has 0 aromatic heterocycles. The molecule has 4 amide bonds. The number of carbonyl (C=O) groups excluding carboxylic acids is 3. The first-order valence-electron chi connectivity index (χ1n) is 10.1. The summed E-state index contributed by atoms with van der Waals surface area (Å²) in [6, 6.07) is 17.3. The van der Waals surface area contributed by atoms with Crippen molar-refractivity contribution in [3.8, 4) is 17.2 Å². The Balaban J connectivity index is 1.58. The minimum absolute atomic E-state index is 0.0185. The standard InChI is InChI=1S/C25H19BrN2O6/c1-33-22-13-16(4-11-21(22)34-14-15-2-5-17(26)6-3-15)12-20-23(30)27-25(32)28(24(20)31)18-7-9-19(29)10-8-18/h2-13,29H,14H2,1H3,(H,27,30,32)/b20-12+. The van der Waals surface area contributed by atoms with Crippen molar-refractivity contribution in [3.63, 3.8) is 0 Å². The van der Waals surface area contributed by atoms with Crippen LogP contribution in [0.5, 0.6) is 17.2 Å². The van der Waals surface area contributed by atoms with E-state index < -0.39 is 17.8 Å². The number of nitrogens with one attached hydrogen (secondary N) is 1. The second kappa shape index (κ2) is 9.80. The van der Waals surface area contributed by atoms with Gasteiger partial charge in [-0.2, -0.15) is 0 Å². The van der Waals surface area contributed by atoms with Gasteiger partial charge in [0.15, 0.2) is 11.5 Å². The van der Waals surface area contributed by atoms with E-state index in [-0.39, 0.29) is 17.0 Å². The molecule has 0 radical (unpaired) electrons. The number of benzene rings is 3. The van der Waals surface area contributed by atoms with Gasteiger partial charge in [-0.25, -0.2) is 9.69 Å². The van der Waals surface area contributed by atoms with E-state index in [9.17, 15) is 19.5 Å². The molecular formula is C25H19BrN2O6. The summed E-state index contributed by atoms with van der Waals surface area (Å²) in [7, 11) is 1.49. The average Bonchev–Trinajstić information content (AvgIpc) is 2.83. The van der Waals surface area contributed by atoms with E-state index in [0.717, 1.165) is 14.9 Å². The van der Waals surface area contributed by atoms with Crippen molar-refractivity contribution < 1.29 is 29.0 Å². The molecule has 0 bridgehead atoms. The summed E-state index contributed by atoms with van der Waals surface area (Å²) in [4.78, 5) is 38.5. The topological polar surface area (TPSA) is 105 Å². The number of phenolic OH excluding ortho intramolecular Hbond substituents is 1. The van der Waals surface area contributed by atoms with Gasteiger partial charge in [-0.1, -0.05) is 34.1 Å². The number of nitrogens with zero attached hydrogens (tertiary/aromatic N) is 1. The zero-order valence-electron chi connectivity index (χ0n) is 17.9. The van der Waals surface area contributed by atoms with Crippen LogP contribution in [0.25, 0.3) is 6.08 Å². The molecule has 0 unspecified atom stereocenters. The number of methoxy groups -OCH3 is 1. The molecule has 0 spiro atoms.